The normalized spacial score (nSPS) is 18.0. The highest BCUT2D eigenvalue weighted by molar-refractivity contribution is 5.91. The molecule has 1 aliphatic carbocycles. The van der Waals surface area contributed by atoms with Gasteiger partial charge in [0.2, 0.25) is 0 Å². The molecule has 3 aromatic rings. The fourth-order valence-electron chi connectivity index (χ4n) is 4.94. The maximum atomic E-state index is 15.3. The van der Waals surface area contributed by atoms with Gasteiger partial charge in [-0.25, -0.2) is 8.78 Å². The maximum absolute atomic E-state index is 15.3. The van der Waals surface area contributed by atoms with Gasteiger partial charge in [-0.3, -0.25) is 0 Å². The zero-order valence-electron chi connectivity index (χ0n) is 18.1. The molecule has 0 amide bonds. The van der Waals surface area contributed by atoms with Crippen LogP contribution in [0.4, 0.5) is 8.78 Å². The van der Waals surface area contributed by atoms with Gasteiger partial charge >= 0.3 is 0 Å². The first-order valence-electron chi connectivity index (χ1n) is 11.5. The minimum absolute atomic E-state index is 0.0486. The third-order valence-electron chi connectivity index (χ3n) is 6.75. The summed E-state index contributed by atoms with van der Waals surface area (Å²) < 4.78 is 29.4. The van der Waals surface area contributed by atoms with Crippen LogP contribution < -0.4 is 0 Å². The van der Waals surface area contributed by atoms with Crippen molar-refractivity contribution in [3.63, 3.8) is 0 Å². The summed E-state index contributed by atoms with van der Waals surface area (Å²) in [6, 6.07) is 16.5. The lowest BCUT2D eigenvalue weighted by Gasteiger charge is -2.29. The van der Waals surface area contributed by atoms with Crippen LogP contribution in [0.2, 0.25) is 0 Å². The van der Waals surface area contributed by atoms with E-state index in [0.717, 1.165) is 58.7 Å². The lowest BCUT2D eigenvalue weighted by atomic mass is 9.78. The van der Waals surface area contributed by atoms with Gasteiger partial charge < -0.3 is 0 Å². The quantitative estimate of drug-likeness (QED) is 0.354. The number of rotatable bonds is 7. The van der Waals surface area contributed by atoms with Gasteiger partial charge in [0.05, 0.1) is 5.56 Å². The van der Waals surface area contributed by atoms with E-state index in [1.165, 1.54) is 37.8 Å². The van der Waals surface area contributed by atoms with Crippen molar-refractivity contribution in [3.8, 4) is 17.2 Å². The molecule has 4 rings (SSSR count). The third-order valence-corrected chi connectivity index (χ3v) is 6.75. The number of fused-ring (bicyclic) bond motifs is 3. The molecule has 0 fully saturated rings. The highest BCUT2D eigenvalue weighted by Crippen LogP contribution is 2.43. The van der Waals surface area contributed by atoms with Crippen molar-refractivity contribution in [3.05, 3.63) is 71.0 Å². The molecule has 160 valence electrons. The predicted molar refractivity (Wildman–Crippen MR) is 123 cm³/mol. The molecule has 0 N–H and O–H groups in total. The first-order valence-corrected chi connectivity index (χ1v) is 11.5. The van der Waals surface area contributed by atoms with Crippen LogP contribution in [0.1, 0.15) is 74.7 Å². The number of alkyl halides is 1. The van der Waals surface area contributed by atoms with E-state index in [-0.39, 0.29) is 11.5 Å². The van der Waals surface area contributed by atoms with Crippen LogP contribution in [0, 0.1) is 23.1 Å². The number of nitrogens with zero attached hydrogens (tertiary/aromatic N) is 1. The van der Waals surface area contributed by atoms with E-state index >= 15 is 4.39 Å². The van der Waals surface area contributed by atoms with Crippen LogP contribution in [0.5, 0.6) is 0 Å². The highest BCUT2D eigenvalue weighted by Gasteiger charge is 2.30. The van der Waals surface area contributed by atoms with Gasteiger partial charge in [0.1, 0.15) is 18.1 Å². The summed E-state index contributed by atoms with van der Waals surface area (Å²) >= 11 is 0. The van der Waals surface area contributed by atoms with Crippen molar-refractivity contribution < 1.29 is 8.78 Å². The van der Waals surface area contributed by atoms with Gasteiger partial charge in [-0.2, -0.15) is 5.26 Å². The molecule has 31 heavy (non-hydrogen) atoms. The van der Waals surface area contributed by atoms with Gasteiger partial charge in [-0.1, -0.05) is 69.4 Å². The second-order valence-corrected chi connectivity index (χ2v) is 8.78. The summed E-state index contributed by atoms with van der Waals surface area (Å²) in [6.45, 7) is 2.21. The smallest absolute Gasteiger partial charge is 0.141 e. The predicted octanol–water partition coefficient (Wildman–Crippen LogP) is 8.45. The minimum Gasteiger partial charge on any atom is -0.242 e. The zero-order valence-corrected chi connectivity index (χ0v) is 18.1. The van der Waals surface area contributed by atoms with Gasteiger partial charge in [-0.15, -0.1) is 0 Å². The van der Waals surface area contributed by atoms with Crippen LogP contribution in [0.15, 0.2) is 48.5 Å². The van der Waals surface area contributed by atoms with Crippen LogP contribution in [0.25, 0.3) is 21.9 Å². The number of halogens is 2. The van der Waals surface area contributed by atoms with E-state index in [1.807, 2.05) is 36.4 Å². The summed E-state index contributed by atoms with van der Waals surface area (Å²) in [5.74, 6) is -0.376. The third kappa shape index (κ3) is 4.49. The zero-order chi connectivity index (χ0) is 21.8. The molecular weight excluding hydrogens is 388 g/mol. The average Bonchev–Trinajstić information content (AvgIpc) is 2.79. The summed E-state index contributed by atoms with van der Waals surface area (Å²) in [7, 11) is 0. The van der Waals surface area contributed by atoms with Gasteiger partial charge in [0, 0.05) is 0 Å². The van der Waals surface area contributed by atoms with Gasteiger partial charge in [0.25, 0.3) is 0 Å². The Morgan fingerprint density at radius 1 is 0.968 bits per heavy atom. The maximum Gasteiger partial charge on any atom is 0.141 e. The summed E-state index contributed by atoms with van der Waals surface area (Å²) in [4.78, 5) is 0. The molecule has 2 atom stereocenters. The molecule has 1 nitrogen and oxygen atoms in total. The molecule has 0 spiro atoms. The number of aryl methyl sites for hydroxylation is 1. The van der Waals surface area contributed by atoms with E-state index in [0.29, 0.717) is 0 Å². The first-order chi connectivity index (χ1) is 15.1. The van der Waals surface area contributed by atoms with Crippen LogP contribution in [-0.4, -0.2) is 0 Å². The molecule has 3 aromatic carbocycles. The molecule has 0 aromatic heterocycles. The van der Waals surface area contributed by atoms with E-state index < -0.39 is 12.0 Å². The molecule has 0 aliphatic heterocycles. The van der Waals surface area contributed by atoms with Crippen molar-refractivity contribution in [1.29, 1.82) is 5.26 Å². The Labute approximate surface area is 183 Å². The SMILES string of the molecule is CCCCCCCC1CCc2c(ccc3cc(-c4ccc(C#N)c(F)c4)ccc23)C1F. The van der Waals surface area contributed by atoms with E-state index in [2.05, 4.69) is 6.92 Å². The Hall–Kier alpha value is -2.73. The lowest BCUT2D eigenvalue weighted by Crippen LogP contribution is -2.18. The van der Waals surface area contributed by atoms with Crippen LogP contribution >= 0.6 is 0 Å². The van der Waals surface area contributed by atoms with Gasteiger partial charge in [-0.05, 0) is 76.4 Å². The largest absolute Gasteiger partial charge is 0.242 e. The second-order valence-electron chi connectivity index (χ2n) is 8.78. The van der Waals surface area contributed by atoms with Crippen molar-refractivity contribution in [1.82, 2.24) is 0 Å². The number of nitriles is 1. The van der Waals surface area contributed by atoms with Crippen molar-refractivity contribution in [2.45, 2.75) is 64.5 Å². The standard InChI is InChI=1S/C28H29F2N/c1-2-3-4-5-6-7-19-10-14-25-24-13-11-20(16-22(24)12-15-26(25)28(19)30)21-8-9-23(18-31)27(29)17-21/h8-9,11-13,15-17,19,28H,2-7,10,14H2,1H3. The number of hydrogen-bond acceptors (Lipinski definition) is 1. The van der Waals surface area contributed by atoms with Crippen molar-refractivity contribution >= 4 is 10.8 Å². The molecule has 3 heteroatoms. The van der Waals surface area contributed by atoms with Gasteiger partial charge in [0.15, 0.2) is 0 Å². The fraction of sp³-hybridized carbons (Fsp3) is 0.393. The molecule has 0 saturated heterocycles. The highest BCUT2D eigenvalue weighted by atomic mass is 19.1. The number of hydrogen-bond donors (Lipinski definition) is 0. The Balaban J connectivity index is 1.56. The van der Waals surface area contributed by atoms with Crippen LogP contribution in [0.3, 0.4) is 0 Å². The topological polar surface area (TPSA) is 23.8 Å². The fourth-order valence-corrected chi connectivity index (χ4v) is 4.94. The van der Waals surface area contributed by atoms with E-state index in [4.69, 9.17) is 5.26 Å². The minimum atomic E-state index is -0.883. The molecule has 1 aliphatic rings. The van der Waals surface area contributed by atoms with Crippen molar-refractivity contribution in [2.75, 3.05) is 0 Å². The van der Waals surface area contributed by atoms with E-state index in [1.54, 1.807) is 6.07 Å². The summed E-state index contributed by atoms with van der Waals surface area (Å²) in [5, 5.41) is 11.1. The molecule has 0 bridgehead atoms. The van der Waals surface area contributed by atoms with Crippen molar-refractivity contribution in [2.24, 2.45) is 5.92 Å². The Bertz CT molecular complexity index is 1110. The Morgan fingerprint density at radius 3 is 2.52 bits per heavy atom. The molecular formula is C28H29F2N. The number of benzene rings is 3. The lowest BCUT2D eigenvalue weighted by molar-refractivity contribution is 0.192. The first kappa shape index (κ1) is 21.5. The number of unbranched alkanes of at least 4 members (excludes halogenated alkanes) is 4. The Morgan fingerprint density at radius 2 is 1.74 bits per heavy atom. The average molecular weight is 418 g/mol. The summed E-state index contributed by atoms with van der Waals surface area (Å²) in [5.41, 5.74) is 3.67. The summed E-state index contributed by atoms with van der Waals surface area (Å²) in [6.07, 6.45) is 8.01. The Kier molecular flexibility index (Phi) is 6.66. The molecule has 0 saturated carbocycles. The van der Waals surface area contributed by atoms with Crippen LogP contribution in [-0.2, 0) is 6.42 Å². The molecule has 2 unspecified atom stereocenters. The second kappa shape index (κ2) is 9.60. The molecule has 0 radical (unpaired) electrons. The molecule has 0 heterocycles. The van der Waals surface area contributed by atoms with E-state index in [9.17, 15) is 4.39 Å². The monoisotopic (exact) mass is 417 g/mol.